The summed E-state index contributed by atoms with van der Waals surface area (Å²) in [6.45, 7) is 55.9. The number of hydrogen-bond acceptors (Lipinski definition) is 12. The van der Waals surface area contributed by atoms with Crippen molar-refractivity contribution in [2.24, 2.45) is 88.8 Å². The molecule has 0 amide bonds. The van der Waals surface area contributed by atoms with Gasteiger partial charge >= 0.3 is 0 Å². The molecule has 0 radical (unpaired) electrons. The molecule has 10 bridgehead atoms. The lowest BCUT2D eigenvalue weighted by Gasteiger charge is -2.47. The van der Waals surface area contributed by atoms with E-state index in [4.69, 9.17) is 0 Å². The third-order valence-electron chi connectivity index (χ3n) is 26.2. The minimum atomic E-state index is 0. The molecule has 0 aromatic carbocycles. The summed E-state index contributed by atoms with van der Waals surface area (Å²) in [7, 11) is 15.6. The first-order valence-electron chi connectivity index (χ1n) is 40.0. The van der Waals surface area contributed by atoms with Crippen LogP contribution in [-0.4, -0.2) is 260 Å². The molecule has 18 aliphatic rings. The molecule has 0 spiro atoms. The molecule has 0 aromatic rings. The Bertz CT molecular complexity index is 1790. The molecule has 18 atom stereocenters. The van der Waals surface area contributed by atoms with E-state index in [1.165, 1.54) is 266 Å². The summed E-state index contributed by atoms with van der Waals surface area (Å²) in [5.41, 5.74) is 0. The van der Waals surface area contributed by atoms with Gasteiger partial charge in [-0.2, -0.15) is 0 Å². The molecule has 18 fully saturated rings. The zero-order valence-electron chi connectivity index (χ0n) is 64.4. The van der Waals surface area contributed by atoms with Crippen LogP contribution in [0.4, 0.5) is 0 Å². The smallest absolute Gasteiger partial charge is 0.0281 e. The minimum absolute atomic E-state index is 0. The highest BCUT2D eigenvalue weighted by molar-refractivity contribution is 4.95. The average Bonchev–Trinajstić information content (AvgIpc) is 1.78. The Balaban J connectivity index is 0.00000104. The van der Waals surface area contributed by atoms with Crippen molar-refractivity contribution in [2.45, 2.75) is 280 Å². The molecule has 12 nitrogen and oxygen atoms in total. The second-order valence-corrected chi connectivity index (χ2v) is 34.9. The van der Waals surface area contributed by atoms with E-state index in [-0.39, 0.29) is 44.6 Å². The monoisotopic (exact) mass is 1370 g/mol. The molecule has 584 valence electrons. The van der Waals surface area contributed by atoms with Crippen LogP contribution >= 0.6 is 0 Å². The molecule has 16 saturated heterocycles. The summed E-state index contributed by atoms with van der Waals surface area (Å²) in [6.07, 6.45) is 28.6. The van der Waals surface area contributed by atoms with E-state index in [0.717, 1.165) is 113 Å². The van der Waals surface area contributed by atoms with E-state index in [1.807, 2.05) is 0 Å². The molecule has 18 rings (SSSR count). The summed E-state index contributed by atoms with van der Waals surface area (Å²) < 4.78 is 0. The predicted molar refractivity (Wildman–Crippen MR) is 437 cm³/mol. The number of hydrazine groups is 1. The number of hydrogen-bond donors (Lipinski definition) is 2. The first-order valence-corrected chi connectivity index (χ1v) is 40.0. The number of likely N-dealkylation sites (tertiary alicyclic amines) is 5. The summed E-state index contributed by atoms with van der Waals surface area (Å²) in [6, 6.07) is 3.56. The fourth-order valence-electron chi connectivity index (χ4n) is 19.2. The van der Waals surface area contributed by atoms with E-state index in [2.05, 4.69) is 192 Å². The van der Waals surface area contributed by atoms with Crippen LogP contribution in [0, 0.1) is 88.8 Å². The molecule has 2 saturated carbocycles. The fraction of sp³-hybridized carbons (Fsp3) is 1.00. The number of nitrogens with zero attached hydrogens (tertiary/aromatic N) is 10. The van der Waals surface area contributed by atoms with Crippen molar-refractivity contribution in [3.05, 3.63) is 0 Å². The third kappa shape index (κ3) is 34.1. The highest BCUT2D eigenvalue weighted by atomic mass is 15.7. The normalized spacial score (nSPS) is 38.4. The summed E-state index contributed by atoms with van der Waals surface area (Å²) >= 11 is 0. The second-order valence-electron chi connectivity index (χ2n) is 34.9. The Morgan fingerprint density at radius 2 is 0.845 bits per heavy atom. The van der Waals surface area contributed by atoms with Crippen LogP contribution in [0.15, 0.2) is 0 Å². The van der Waals surface area contributed by atoms with Gasteiger partial charge in [0.2, 0.25) is 0 Å². The van der Waals surface area contributed by atoms with Gasteiger partial charge in [0.05, 0.1) is 0 Å². The second kappa shape index (κ2) is 50.9. The third-order valence-corrected chi connectivity index (χ3v) is 26.2. The quantitative estimate of drug-likeness (QED) is 0.263. The van der Waals surface area contributed by atoms with Crippen molar-refractivity contribution < 1.29 is 0 Å². The maximum Gasteiger partial charge on any atom is 0.0281 e. The first kappa shape index (κ1) is 96.5. The van der Waals surface area contributed by atoms with Crippen LogP contribution in [0.2, 0.25) is 0 Å². The Kier molecular flexibility index (Phi) is 50.6. The number of rotatable bonds is 1. The van der Waals surface area contributed by atoms with Gasteiger partial charge in [0, 0.05) is 90.1 Å². The zero-order chi connectivity index (χ0) is 66.1. The molecular formula is C85H184N12. The highest BCUT2D eigenvalue weighted by Crippen LogP contribution is 2.41. The maximum atomic E-state index is 3.46. The summed E-state index contributed by atoms with van der Waals surface area (Å²) in [4.78, 5) is 19.9. The summed E-state index contributed by atoms with van der Waals surface area (Å²) in [5, 5.41) is 11.5. The van der Waals surface area contributed by atoms with Gasteiger partial charge < -0.3 is 49.8 Å². The molecule has 16 heterocycles. The zero-order valence-corrected chi connectivity index (χ0v) is 64.4. The van der Waals surface area contributed by atoms with Crippen LogP contribution in [0.25, 0.3) is 0 Å². The minimum Gasteiger partial charge on any atom is -0.316 e. The van der Waals surface area contributed by atoms with Gasteiger partial charge in [-0.15, -0.1) is 0 Å². The van der Waals surface area contributed by atoms with Crippen LogP contribution in [0.1, 0.15) is 256 Å². The van der Waals surface area contributed by atoms with Gasteiger partial charge in [-0.25, -0.2) is 10.0 Å². The van der Waals surface area contributed by atoms with Gasteiger partial charge in [0.25, 0.3) is 0 Å². The van der Waals surface area contributed by atoms with Gasteiger partial charge in [0.15, 0.2) is 0 Å². The van der Waals surface area contributed by atoms with Crippen LogP contribution in [0.5, 0.6) is 0 Å². The highest BCUT2D eigenvalue weighted by Gasteiger charge is 2.41. The molecule has 16 aliphatic heterocycles. The topological polar surface area (TPSA) is 56.5 Å². The lowest BCUT2D eigenvalue weighted by molar-refractivity contribution is -0.0294. The van der Waals surface area contributed by atoms with E-state index < -0.39 is 0 Å². The number of piperidine rings is 9. The van der Waals surface area contributed by atoms with Crippen molar-refractivity contribution in [3.8, 4) is 0 Å². The molecular weight excluding hydrogens is 1190 g/mol. The average molecular weight is 1370 g/mol. The van der Waals surface area contributed by atoms with E-state index >= 15 is 0 Å². The Morgan fingerprint density at radius 1 is 0.320 bits per heavy atom. The van der Waals surface area contributed by atoms with Gasteiger partial charge in [-0.3, -0.25) is 0 Å². The van der Waals surface area contributed by atoms with Gasteiger partial charge in [-0.05, 0) is 339 Å². The van der Waals surface area contributed by atoms with Crippen LogP contribution in [0.3, 0.4) is 0 Å². The Morgan fingerprint density at radius 3 is 1.19 bits per heavy atom. The van der Waals surface area contributed by atoms with Gasteiger partial charge in [0.1, 0.15) is 0 Å². The summed E-state index contributed by atoms with van der Waals surface area (Å²) in [5.74, 6) is 14.8. The van der Waals surface area contributed by atoms with Crippen LogP contribution in [-0.2, 0) is 0 Å². The molecule has 0 aromatic heterocycles. The van der Waals surface area contributed by atoms with Crippen molar-refractivity contribution in [2.75, 3.05) is 187 Å². The number of nitrogens with one attached hydrogen (secondary N) is 2. The van der Waals surface area contributed by atoms with Crippen LogP contribution < -0.4 is 10.6 Å². The van der Waals surface area contributed by atoms with E-state index in [9.17, 15) is 0 Å². The van der Waals surface area contributed by atoms with Crippen molar-refractivity contribution in [1.82, 2.24) is 59.9 Å². The first-order chi connectivity index (χ1) is 43.5. The Hall–Kier alpha value is -0.480. The van der Waals surface area contributed by atoms with E-state index in [0.29, 0.717) is 0 Å². The lowest BCUT2D eigenvalue weighted by atomic mass is 9.74. The fourth-order valence-corrected chi connectivity index (χ4v) is 19.2. The Labute approximate surface area is 612 Å². The lowest BCUT2D eigenvalue weighted by Crippen LogP contribution is -2.50. The van der Waals surface area contributed by atoms with Crippen molar-refractivity contribution >= 4 is 0 Å². The van der Waals surface area contributed by atoms with Crippen molar-refractivity contribution in [1.29, 1.82) is 0 Å². The largest absolute Gasteiger partial charge is 0.316 e. The SMILES string of the molecule is C.C.C.C.C.C.CC1CC2CC1N(C)C2.CC1CC2CCC1N(C)C2.CC1CCCN(C)C1.CC1CCCN1C.CC1CCN(C)C1.CC1CCN(C)CC1.CC1CCN2CCC1N2C.CC1CN2CCC1C2.CC1CN2CCC1CC2.CC1CNC1.CCC1CCCNCC1C. The predicted octanol–water partition coefficient (Wildman–Crippen LogP) is 17.2. The molecule has 18 unspecified atom stereocenters. The van der Waals surface area contributed by atoms with E-state index in [1.54, 1.807) is 0 Å². The molecule has 12 heteroatoms. The standard InChI is InChI=1S/C9H17N.C9H19N.C8H16N2.2C8H15N.C7H13N.2C7H15N.2C6H13N.C4H9N.6CH4/c1-7-5-8-3-4-9(7)10(2)6-8;1-3-9-5-4-6-10-7-8(9)2;1-7-3-5-10-6-4-8(7)9(10)2;1-6-3-7-4-8(6)9(2)5-7;1-7-6-9-4-2-8(7)3-5-9;1-6-4-8-3-2-7(6)5-8;1-7-3-5-8(2)6-4-7;1-7-4-3-5-8(2)6-7;1-6-3-4-7(2)5-6;1-6-4-3-5-7(6)2;1-4-2-5-3-4;;;;;;/h7-9H,3-6H2,1-2H3;8-10H,3-7H2,1-2H3;7-8H,3-6H2,1-2H3;6-8H,3-5H2,1-2H3;7-8H,2-6H2,1H3;6-7H,2-5H2,1H3;2*7H,3-6H2,1-2H3;2*6H,3-5H2,1-2H3;4-5H,2-3H2,1H3;6*1H4. The molecule has 2 aliphatic carbocycles. The molecule has 2 N–H and O–H groups in total. The molecule has 97 heavy (non-hydrogen) atoms. The van der Waals surface area contributed by atoms with Gasteiger partial charge in [-0.1, -0.05) is 127 Å². The van der Waals surface area contributed by atoms with Crippen molar-refractivity contribution in [3.63, 3.8) is 0 Å². The maximum absolute atomic E-state index is 3.46. The number of fused-ring (bicyclic) bond motifs is 12.